The van der Waals surface area contributed by atoms with Crippen molar-refractivity contribution in [2.45, 2.75) is 50.5 Å². The Bertz CT molecular complexity index is 165. The Labute approximate surface area is 84.5 Å². The summed E-state index contributed by atoms with van der Waals surface area (Å²) >= 11 is 0. The van der Waals surface area contributed by atoms with Crippen molar-refractivity contribution in [1.29, 1.82) is 0 Å². The van der Waals surface area contributed by atoms with Crippen LogP contribution in [0.1, 0.15) is 25.7 Å². The topological polar surface area (TPSA) is 36.9 Å². The summed E-state index contributed by atoms with van der Waals surface area (Å²) in [7, 11) is 3.36. The van der Waals surface area contributed by atoms with Gasteiger partial charge in [0.1, 0.15) is 0 Å². The van der Waals surface area contributed by atoms with Crippen molar-refractivity contribution >= 4 is 0 Å². The second kappa shape index (κ2) is 4.57. The first-order chi connectivity index (χ1) is 6.83. The maximum absolute atomic E-state index is 5.68. The summed E-state index contributed by atoms with van der Waals surface area (Å²) < 4.78 is 21.7. The molecule has 0 radical (unpaired) electrons. The van der Waals surface area contributed by atoms with Crippen LogP contribution in [-0.2, 0) is 18.9 Å². The molecule has 0 aromatic heterocycles. The van der Waals surface area contributed by atoms with E-state index in [1.165, 1.54) is 0 Å². The molecule has 0 unspecified atom stereocenters. The predicted molar refractivity (Wildman–Crippen MR) is 49.8 cm³/mol. The minimum Gasteiger partial charge on any atom is -0.356 e. The largest absolute Gasteiger partial charge is 0.356 e. The highest BCUT2D eigenvalue weighted by atomic mass is 16.7. The van der Waals surface area contributed by atoms with Gasteiger partial charge in [0.05, 0.1) is 12.2 Å². The second-order valence-corrected chi connectivity index (χ2v) is 3.83. The van der Waals surface area contributed by atoms with Gasteiger partial charge in [-0.05, 0) is 12.8 Å². The zero-order valence-electron chi connectivity index (χ0n) is 8.77. The van der Waals surface area contributed by atoms with Gasteiger partial charge in [0.15, 0.2) is 12.6 Å². The first-order valence-electron chi connectivity index (χ1n) is 5.20. The Kier molecular flexibility index (Phi) is 3.38. The number of methoxy groups -OCH3 is 2. The first kappa shape index (κ1) is 10.4. The molecule has 4 nitrogen and oxygen atoms in total. The Balaban J connectivity index is 1.80. The fraction of sp³-hybridized carbons (Fsp3) is 1.00. The molecule has 0 amide bonds. The quantitative estimate of drug-likeness (QED) is 0.691. The van der Waals surface area contributed by atoms with Crippen molar-refractivity contribution < 1.29 is 18.9 Å². The standard InChI is InChI=1S/C10H18O4/c1-11-9-5-3-7(13-9)8-4-6-10(12-2)14-8/h7-10H,3-6H2,1-2H3/t7-,8-,9-,10+/m1/s1. The number of hydrogen-bond donors (Lipinski definition) is 0. The molecule has 2 heterocycles. The Morgan fingerprint density at radius 1 is 0.786 bits per heavy atom. The van der Waals surface area contributed by atoms with Crippen molar-refractivity contribution in [3.8, 4) is 0 Å². The molecule has 2 rings (SSSR count). The van der Waals surface area contributed by atoms with Crippen LogP contribution in [0.2, 0.25) is 0 Å². The molecule has 4 atom stereocenters. The summed E-state index contributed by atoms with van der Waals surface area (Å²) in [6, 6.07) is 0. The van der Waals surface area contributed by atoms with Crippen LogP contribution in [0.3, 0.4) is 0 Å². The lowest BCUT2D eigenvalue weighted by atomic mass is 10.1. The summed E-state index contributed by atoms with van der Waals surface area (Å²) in [5.74, 6) is 0. The van der Waals surface area contributed by atoms with Gasteiger partial charge in [-0.1, -0.05) is 0 Å². The van der Waals surface area contributed by atoms with Gasteiger partial charge >= 0.3 is 0 Å². The molecular weight excluding hydrogens is 184 g/mol. The molecule has 4 heteroatoms. The molecule has 0 aromatic carbocycles. The highest BCUT2D eigenvalue weighted by molar-refractivity contribution is 4.81. The van der Waals surface area contributed by atoms with Gasteiger partial charge in [-0.25, -0.2) is 0 Å². The molecule has 2 aliphatic rings. The average molecular weight is 202 g/mol. The summed E-state index contributed by atoms with van der Waals surface area (Å²) in [4.78, 5) is 0. The van der Waals surface area contributed by atoms with E-state index in [1.807, 2.05) is 0 Å². The summed E-state index contributed by atoms with van der Waals surface area (Å²) in [6.45, 7) is 0. The maximum atomic E-state index is 5.68. The van der Waals surface area contributed by atoms with Crippen LogP contribution in [0.25, 0.3) is 0 Å². The Morgan fingerprint density at radius 3 is 1.50 bits per heavy atom. The van der Waals surface area contributed by atoms with Crippen molar-refractivity contribution in [3.63, 3.8) is 0 Å². The third-order valence-electron chi connectivity index (χ3n) is 2.97. The minimum absolute atomic E-state index is 0.0369. The highest BCUT2D eigenvalue weighted by Crippen LogP contribution is 2.31. The molecule has 0 bridgehead atoms. The molecular formula is C10H18O4. The normalized spacial score (nSPS) is 43.3. The van der Waals surface area contributed by atoms with E-state index >= 15 is 0 Å². The fourth-order valence-corrected chi connectivity index (χ4v) is 2.16. The van der Waals surface area contributed by atoms with Gasteiger partial charge in [-0.15, -0.1) is 0 Å². The van der Waals surface area contributed by atoms with Crippen LogP contribution in [0.4, 0.5) is 0 Å². The van der Waals surface area contributed by atoms with Gasteiger partial charge in [0, 0.05) is 27.1 Å². The molecule has 14 heavy (non-hydrogen) atoms. The predicted octanol–water partition coefficient (Wildman–Crippen LogP) is 1.29. The number of hydrogen-bond acceptors (Lipinski definition) is 4. The molecule has 2 fully saturated rings. The third kappa shape index (κ3) is 2.08. The second-order valence-electron chi connectivity index (χ2n) is 3.83. The van der Waals surface area contributed by atoms with Gasteiger partial charge in [0.2, 0.25) is 0 Å². The van der Waals surface area contributed by atoms with Crippen molar-refractivity contribution in [2.75, 3.05) is 14.2 Å². The summed E-state index contributed by atoms with van der Waals surface area (Å²) in [5, 5.41) is 0. The van der Waals surface area contributed by atoms with Crippen molar-refractivity contribution in [1.82, 2.24) is 0 Å². The Hall–Kier alpha value is -0.160. The zero-order valence-corrected chi connectivity index (χ0v) is 8.77. The molecule has 0 aliphatic carbocycles. The fourth-order valence-electron chi connectivity index (χ4n) is 2.16. The van der Waals surface area contributed by atoms with Crippen LogP contribution in [0, 0.1) is 0 Å². The van der Waals surface area contributed by atoms with Gasteiger partial charge in [0.25, 0.3) is 0 Å². The van der Waals surface area contributed by atoms with E-state index in [2.05, 4.69) is 0 Å². The van der Waals surface area contributed by atoms with E-state index in [-0.39, 0.29) is 24.8 Å². The van der Waals surface area contributed by atoms with Crippen LogP contribution in [-0.4, -0.2) is 39.0 Å². The van der Waals surface area contributed by atoms with Crippen molar-refractivity contribution in [2.24, 2.45) is 0 Å². The van der Waals surface area contributed by atoms with Crippen LogP contribution in [0.5, 0.6) is 0 Å². The lowest BCUT2D eigenvalue weighted by Gasteiger charge is -2.19. The van der Waals surface area contributed by atoms with E-state index in [4.69, 9.17) is 18.9 Å². The monoisotopic (exact) mass is 202 g/mol. The molecule has 2 aliphatic heterocycles. The van der Waals surface area contributed by atoms with Crippen LogP contribution >= 0.6 is 0 Å². The number of ether oxygens (including phenoxy) is 4. The van der Waals surface area contributed by atoms with Crippen molar-refractivity contribution in [3.05, 3.63) is 0 Å². The smallest absolute Gasteiger partial charge is 0.157 e. The van der Waals surface area contributed by atoms with Gasteiger partial charge < -0.3 is 18.9 Å². The molecule has 82 valence electrons. The maximum Gasteiger partial charge on any atom is 0.157 e. The van der Waals surface area contributed by atoms with E-state index in [1.54, 1.807) is 14.2 Å². The molecule has 0 saturated carbocycles. The van der Waals surface area contributed by atoms with Gasteiger partial charge in [-0.2, -0.15) is 0 Å². The first-order valence-corrected chi connectivity index (χ1v) is 5.20. The van der Waals surface area contributed by atoms with E-state index in [0.29, 0.717) is 0 Å². The summed E-state index contributed by atoms with van der Waals surface area (Å²) in [6.07, 6.45) is 4.31. The summed E-state index contributed by atoms with van der Waals surface area (Å²) in [5.41, 5.74) is 0. The molecule has 0 aromatic rings. The highest BCUT2D eigenvalue weighted by Gasteiger charge is 2.37. The van der Waals surface area contributed by atoms with E-state index < -0.39 is 0 Å². The van der Waals surface area contributed by atoms with E-state index in [9.17, 15) is 0 Å². The number of rotatable bonds is 3. The lowest BCUT2D eigenvalue weighted by molar-refractivity contribution is -0.174. The average Bonchev–Trinajstić information content (AvgIpc) is 2.86. The van der Waals surface area contributed by atoms with Gasteiger partial charge in [-0.3, -0.25) is 0 Å². The molecule has 0 N–H and O–H groups in total. The van der Waals surface area contributed by atoms with Crippen LogP contribution in [0.15, 0.2) is 0 Å². The zero-order chi connectivity index (χ0) is 9.97. The van der Waals surface area contributed by atoms with E-state index in [0.717, 1.165) is 25.7 Å². The molecule has 2 saturated heterocycles. The third-order valence-corrected chi connectivity index (χ3v) is 2.97. The lowest BCUT2D eigenvalue weighted by Crippen LogP contribution is -2.27. The SMILES string of the molecule is CO[C@H]1CC[C@H]([C@H]2CC[C@@H](OC)O2)O1. The molecule has 0 spiro atoms. The van der Waals surface area contributed by atoms with Crippen LogP contribution < -0.4 is 0 Å². The minimum atomic E-state index is -0.0369. The Morgan fingerprint density at radius 2 is 1.21 bits per heavy atom.